The van der Waals surface area contributed by atoms with Crippen molar-refractivity contribution in [1.82, 2.24) is 4.31 Å². The van der Waals surface area contributed by atoms with Gasteiger partial charge in [-0.25, -0.2) is 9.18 Å². The lowest BCUT2D eigenvalue weighted by Gasteiger charge is -2.47. The Morgan fingerprint density at radius 3 is 2.40 bits per heavy atom. The lowest BCUT2D eigenvalue weighted by atomic mass is 10.0. The fourth-order valence-corrected chi connectivity index (χ4v) is 5.82. The van der Waals surface area contributed by atoms with E-state index in [2.05, 4.69) is 0 Å². The van der Waals surface area contributed by atoms with Crippen molar-refractivity contribution in [3.05, 3.63) is 77.1 Å². The molecule has 0 radical (unpaired) electrons. The van der Waals surface area contributed by atoms with E-state index < -0.39 is 46.7 Å². The van der Waals surface area contributed by atoms with Gasteiger partial charge < -0.3 is 25.3 Å². The van der Waals surface area contributed by atoms with Gasteiger partial charge in [0, 0.05) is 18.3 Å². The minimum atomic E-state index is -4.06. The molecule has 1 aliphatic rings. The summed E-state index contributed by atoms with van der Waals surface area (Å²) in [5.74, 6) is -2.45. The van der Waals surface area contributed by atoms with Crippen molar-refractivity contribution in [2.45, 2.75) is 16.8 Å². The van der Waals surface area contributed by atoms with Crippen LogP contribution in [0.1, 0.15) is 10.4 Å². The SMILES string of the molecule is CN1C(O)(CO)C(O)N(c2ccccc2)c2cc(Cl)c(-c3ccc(F)c(C(=O)O)c3)cc2S1(O)O. The first-order chi connectivity index (χ1) is 16.4. The Morgan fingerprint density at radius 1 is 1.14 bits per heavy atom. The van der Waals surface area contributed by atoms with E-state index >= 15 is 0 Å². The van der Waals surface area contributed by atoms with Crippen LogP contribution in [0, 0.1) is 5.82 Å². The van der Waals surface area contributed by atoms with Crippen molar-refractivity contribution in [3.8, 4) is 11.1 Å². The fraction of sp³-hybridized carbons (Fsp3) is 0.174. The summed E-state index contributed by atoms with van der Waals surface area (Å²) in [6, 6.07) is 14.1. The lowest BCUT2D eigenvalue weighted by Crippen LogP contribution is -2.61. The number of para-hydroxylation sites is 1. The molecular formula is C23H22ClFN2O7S. The van der Waals surface area contributed by atoms with Crippen LogP contribution in [0.3, 0.4) is 0 Å². The summed E-state index contributed by atoms with van der Waals surface area (Å²) in [6.07, 6.45) is -1.88. The number of hydrogen-bond acceptors (Lipinski definition) is 8. The summed E-state index contributed by atoms with van der Waals surface area (Å²) in [7, 11) is -2.93. The molecule has 0 spiro atoms. The Kier molecular flexibility index (Phi) is 6.55. The van der Waals surface area contributed by atoms with E-state index in [9.17, 15) is 38.7 Å². The van der Waals surface area contributed by atoms with Gasteiger partial charge >= 0.3 is 5.97 Å². The molecule has 2 atom stereocenters. The number of aliphatic hydroxyl groups excluding tert-OH is 2. The predicted octanol–water partition coefficient (Wildman–Crippen LogP) is 3.95. The molecule has 12 heteroatoms. The highest BCUT2D eigenvalue weighted by Gasteiger charge is 2.52. The second kappa shape index (κ2) is 9.04. The third-order valence-corrected chi connectivity index (χ3v) is 8.27. The number of hydrogen-bond donors (Lipinski definition) is 6. The average Bonchev–Trinajstić information content (AvgIpc) is 2.87. The Morgan fingerprint density at radius 2 is 1.80 bits per heavy atom. The van der Waals surface area contributed by atoms with Crippen molar-refractivity contribution in [2.24, 2.45) is 0 Å². The Hall–Kier alpha value is -2.74. The van der Waals surface area contributed by atoms with E-state index in [1.54, 1.807) is 30.3 Å². The third kappa shape index (κ3) is 4.05. The molecule has 0 saturated carbocycles. The smallest absolute Gasteiger partial charge is 0.338 e. The van der Waals surface area contributed by atoms with Crippen LogP contribution in [0.4, 0.5) is 15.8 Å². The number of aromatic carboxylic acids is 1. The van der Waals surface area contributed by atoms with E-state index in [4.69, 9.17) is 11.6 Å². The Bertz CT molecular complexity index is 1300. The van der Waals surface area contributed by atoms with E-state index in [0.717, 1.165) is 19.2 Å². The number of halogens is 2. The van der Waals surface area contributed by atoms with Crippen molar-refractivity contribution in [1.29, 1.82) is 0 Å². The molecule has 0 aromatic heterocycles. The number of aliphatic hydroxyl groups is 3. The second-order valence-corrected chi connectivity index (χ2v) is 10.4. The molecule has 35 heavy (non-hydrogen) atoms. The van der Waals surface area contributed by atoms with Gasteiger partial charge in [0.15, 0.2) is 6.23 Å². The summed E-state index contributed by atoms with van der Waals surface area (Å²) < 4.78 is 37.1. The lowest BCUT2D eigenvalue weighted by molar-refractivity contribution is -0.161. The van der Waals surface area contributed by atoms with Gasteiger partial charge in [0.05, 0.1) is 27.8 Å². The van der Waals surface area contributed by atoms with E-state index in [1.165, 1.54) is 23.1 Å². The molecule has 9 nitrogen and oxygen atoms in total. The summed E-state index contributed by atoms with van der Waals surface area (Å²) >= 11 is 6.53. The van der Waals surface area contributed by atoms with Gasteiger partial charge in [0.2, 0.25) is 5.72 Å². The molecule has 0 saturated heterocycles. The van der Waals surface area contributed by atoms with Crippen LogP contribution in [0.15, 0.2) is 65.6 Å². The van der Waals surface area contributed by atoms with Gasteiger partial charge in [0.25, 0.3) is 0 Å². The zero-order valence-corrected chi connectivity index (χ0v) is 19.8. The molecule has 2 unspecified atom stereocenters. The molecule has 0 amide bonds. The molecular weight excluding hydrogens is 503 g/mol. The second-order valence-electron chi connectivity index (χ2n) is 7.93. The van der Waals surface area contributed by atoms with Gasteiger partial charge in [-0.05, 0) is 42.0 Å². The Labute approximate surface area is 206 Å². The number of rotatable bonds is 4. The highest BCUT2D eigenvalue weighted by atomic mass is 35.5. The van der Waals surface area contributed by atoms with Crippen molar-refractivity contribution in [2.75, 3.05) is 18.6 Å². The quantitative estimate of drug-likeness (QED) is 0.299. The minimum Gasteiger partial charge on any atom is -0.478 e. The van der Waals surface area contributed by atoms with Crippen molar-refractivity contribution >= 4 is 39.7 Å². The highest BCUT2D eigenvalue weighted by Crippen LogP contribution is 2.61. The number of likely N-dealkylation sites (N-methyl/N-ethyl adjacent to an activating group) is 1. The molecule has 4 rings (SSSR count). The standard InChI is InChI=1S/C23H22ClFN2O7S/c1-26-23(32,12-28)22(31)27(14-5-3-2-4-6-14)19-11-17(24)15(10-20(19)35(26,33)34)13-7-8-18(25)16(9-13)21(29)30/h2-11,22,28,31-34H,12H2,1H3,(H,29,30). The molecule has 0 fully saturated rings. The molecule has 3 aromatic carbocycles. The van der Waals surface area contributed by atoms with Gasteiger partial charge in [-0.3, -0.25) is 9.11 Å². The van der Waals surface area contributed by atoms with Crippen LogP contribution in [0.5, 0.6) is 0 Å². The maximum Gasteiger partial charge on any atom is 0.338 e. The first-order valence-corrected chi connectivity index (χ1v) is 12.1. The van der Waals surface area contributed by atoms with Crippen LogP contribution in [0.2, 0.25) is 5.02 Å². The van der Waals surface area contributed by atoms with E-state index in [0.29, 0.717) is 9.99 Å². The van der Waals surface area contributed by atoms with Gasteiger partial charge in [-0.15, -0.1) is 10.8 Å². The summed E-state index contributed by atoms with van der Waals surface area (Å²) in [4.78, 5) is 12.4. The molecule has 0 aliphatic carbocycles. The van der Waals surface area contributed by atoms with Crippen LogP contribution < -0.4 is 4.90 Å². The molecule has 3 aromatic rings. The highest BCUT2D eigenvalue weighted by molar-refractivity contribution is 8.22. The topological polar surface area (TPSA) is 145 Å². The first-order valence-electron chi connectivity index (χ1n) is 10.2. The fourth-order valence-electron chi connectivity index (χ4n) is 3.95. The van der Waals surface area contributed by atoms with Crippen LogP contribution in [0.25, 0.3) is 11.1 Å². The van der Waals surface area contributed by atoms with E-state index in [1.807, 2.05) is 0 Å². The maximum atomic E-state index is 14.0. The van der Waals surface area contributed by atoms with E-state index in [-0.39, 0.29) is 26.7 Å². The molecule has 1 heterocycles. The number of carboxylic acids is 1. The van der Waals surface area contributed by atoms with Gasteiger partial charge in [-0.1, -0.05) is 35.9 Å². The average molecular weight is 525 g/mol. The summed E-state index contributed by atoms with van der Waals surface area (Å²) in [5.41, 5.74) is -2.42. The number of anilines is 2. The number of fused-ring (bicyclic) bond motifs is 1. The predicted molar refractivity (Wildman–Crippen MR) is 129 cm³/mol. The van der Waals surface area contributed by atoms with Crippen molar-refractivity contribution in [3.63, 3.8) is 0 Å². The summed E-state index contributed by atoms with van der Waals surface area (Å²) in [6.45, 7) is -1.06. The maximum absolute atomic E-state index is 14.0. The number of benzene rings is 3. The van der Waals surface area contributed by atoms with Gasteiger partial charge in [0.1, 0.15) is 5.82 Å². The largest absolute Gasteiger partial charge is 0.478 e. The van der Waals surface area contributed by atoms with Gasteiger partial charge in [-0.2, -0.15) is 4.31 Å². The molecule has 1 aliphatic heterocycles. The zero-order chi connectivity index (χ0) is 25.7. The minimum absolute atomic E-state index is 0.0205. The molecule has 0 bridgehead atoms. The number of carboxylic acid groups (broad SMARTS) is 1. The molecule has 6 N–H and O–H groups in total. The zero-order valence-electron chi connectivity index (χ0n) is 18.2. The Balaban J connectivity index is 2.03. The third-order valence-electron chi connectivity index (χ3n) is 5.96. The molecule has 186 valence electrons. The summed E-state index contributed by atoms with van der Waals surface area (Å²) in [5, 5.41) is 41.6. The number of carbonyl (C=O) groups is 1. The van der Waals surface area contributed by atoms with Crippen LogP contribution in [-0.2, 0) is 0 Å². The first kappa shape index (κ1) is 25.4. The monoisotopic (exact) mass is 524 g/mol. The normalized spacial score (nSPS) is 22.9. The van der Waals surface area contributed by atoms with Crippen LogP contribution in [-0.4, -0.2) is 65.4 Å². The van der Waals surface area contributed by atoms with Crippen LogP contribution >= 0.6 is 22.4 Å². The van der Waals surface area contributed by atoms with Crippen molar-refractivity contribution < 1.29 is 38.7 Å². The number of nitrogens with zero attached hydrogens (tertiary/aromatic N) is 2.